The molecule has 22 heavy (non-hydrogen) atoms. The van der Waals surface area contributed by atoms with E-state index >= 15 is 0 Å². The summed E-state index contributed by atoms with van der Waals surface area (Å²) in [4.78, 5) is 25.8. The van der Waals surface area contributed by atoms with Crippen molar-refractivity contribution in [1.82, 2.24) is 4.90 Å². The van der Waals surface area contributed by atoms with E-state index in [1.54, 1.807) is 11.9 Å². The van der Waals surface area contributed by atoms with Gasteiger partial charge < -0.3 is 10.2 Å². The quantitative estimate of drug-likeness (QED) is 0.748. The zero-order valence-electron chi connectivity index (χ0n) is 14.2. The molecule has 0 unspecified atom stereocenters. The number of aryl methyl sites for hydroxylation is 2. The van der Waals surface area contributed by atoms with Gasteiger partial charge in [-0.25, -0.2) is 0 Å². The molecule has 2 amide bonds. The number of nitrogens with zero attached hydrogens (tertiary/aromatic N) is 1. The van der Waals surface area contributed by atoms with Gasteiger partial charge in [0.15, 0.2) is 0 Å². The number of carbonyl (C=O) groups excluding carboxylic acids is 2. The van der Waals surface area contributed by atoms with Crippen molar-refractivity contribution in [3.05, 3.63) is 29.3 Å². The highest BCUT2D eigenvalue weighted by Crippen LogP contribution is 2.22. The summed E-state index contributed by atoms with van der Waals surface area (Å²) in [7, 11) is 1.75. The number of amides is 2. The van der Waals surface area contributed by atoms with E-state index in [1.165, 1.54) is 0 Å². The summed E-state index contributed by atoms with van der Waals surface area (Å²) < 4.78 is 0. The Kier molecular flexibility index (Phi) is 7.64. The second kappa shape index (κ2) is 9.23. The molecule has 1 aromatic carbocycles. The first-order valence-corrected chi connectivity index (χ1v) is 8.17. The summed E-state index contributed by atoms with van der Waals surface area (Å²) in [6.45, 7) is 6.91. The van der Waals surface area contributed by atoms with Crippen LogP contribution in [0.3, 0.4) is 0 Å². The van der Waals surface area contributed by atoms with Crippen LogP contribution in [0, 0.1) is 0 Å². The van der Waals surface area contributed by atoms with Crippen LogP contribution in [0.25, 0.3) is 0 Å². The van der Waals surface area contributed by atoms with Gasteiger partial charge in [-0.3, -0.25) is 9.59 Å². The van der Waals surface area contributed by atoms with E-state index < -0.39 is 0 Å². The monoisotopic (exact) mass is 304 g/mol. The molecule has 0 aromatic heterocycles. The Morgan fingerprint density at radius 3 is 2.18 bits per heavy atom. The van der Waals surface area contributed by atoms with E-state index in [1.807, 2.05) is 18.2 Å². The summed E-state index contributed by atoms with van der Waals surface area (Å²) in [5, 5.41) is 2.94. The number of benzene rings is 1. The maximum absolute atomic E-state index is 12.2. The number of nitrogens with one attached hydrogen (secondary N) is 1. The van der Waals surface area contributed by atoms with Gasteiger partial charge in [-0.2, -0.15) is 0 Å². The third kappa shape index (κ3) is 5.17. The SMILES string of the molecule is CCCCN(C)C(=O)CC(=O)Nc1c(CC)cccc1CC. The predicted octanol–water partition coefficient (Wildman–Crippen LogP) is 3.40. The summed E-state index contributed by atoms with van der Waals surface area (Å²) in [6, 6.07) is 6.05. The molecule has 1 N–H and O–H groups in total. The molecule has 0 spiro atoms. The molecule has 122 valence electrons. The normalized spacial score (nSPS) is 10.4. The Labute approximate surface area is 133 Å². The van der Waals surface area contributed by atoms with Crippen molar-refractivity contribution in [3.8, 4) is 0 Å². The smallest absolute Gasteiger partial charge is 0.233 e. The Morgan fingerprint density at radius 1 is 1.09 bits per heavy atom. The first kappa shape index (κ1) is 18.2. The third-order valence-electron chi connectivity index (χ3n) is 3.85. The molecule has 0 saturated heterocycles. The number of rotatable bonds is 8. The molecule has 0 aliphatic carbocycles. The van der Waals surface area contributed by atoms with Crippen molar-refractivity contribution in [2.45, 2.75) is 52.9 Å². The lowest BCUT2D eigenvalue weighted by atomic mass is 10.0. The topological polar surface area (TPSA) is 49.4 Å². The van der Waals surface area contributed by atoms with Gasteiger partial charge in [0.25, 0.3) is 0 Å². The lowest BCUT2D eigenvalue weighted by molar-refractivity contribution is -0.133. The fourth-order valence-corrected chi connectivity index (χ4v) is 2.38. The summed E-state index contributed by atoms with van der Waals surface area (Å²) >= 11 is 0. The molecule has 0 saturated carbocycles. The van der Waals surface area contributed by atoms with Crippen LogP contribution < -0.4 is 5.32 Å². The lowest BCUT2D eigenvalue weighted by Crippen LogP contribution is -2.31. The number of anilines is 1. The highest BCUT2D eigenvalue weighted by atomic mass is 16.2. The molecule has 1 aromatic rings. The van der Waals surface area contributed by atoms with E-state index in [-0.39, 0.29) is 18.2 Å². The molecule has 0 fully saturated rings. The second-order valence-corrected chi connectivity index (χ2v) is 5.55. The minimum atomic E-state index is -0.232. The molecule has 0 heterocycles. The summed E-state index contributed by atoms with van der Waals surface area (Å²) in [6.07, 6.45) is 3.61. The molecule has 0 bridgehead atoms. The Morgan fingerprint density at radius 2 is 1.68 bits per heavy atom. The summed E-state index contributed by atoms with van der Waals surface area (Å²) in [5.41, 5.74) is 3.10. The maximum atomic E-state index is 12.2. The first-order chi connectivity index (χ1) is 10.5. The molecule has 4 nitrogen and oxygen atoms in total. The van der Waals surface area contributed by atoms with Crippen LogP contribution in [-0.2, 0) is 22.4 Å². The van der Waals surface area contributed by atoms with Crippen molar-refractivity contribution in [2.24, 2.45) is 0 Å². The van der Waals surface area contributed by atoms with Gasteiger partial charge in [-0.1, -0.05) is 45.4 Å². The van der Waals surface area contributed by atoms with Gasteiger partial charge in [-0.15, -0.1) is 0 Å². The fraction of sp³-hybridized carbons (Fsp3) is 0.556. The zero-order valence-corrected chi connectivity index (χ0v) is 14.2. The third-order valence-corrected chi connectivity index (χ3v) is 3.85. The summed E-state index contributed by atoms with van der Waals surface area (Å²) in [5.74, 6) is -0.359. The van der Waals surface area contributed by atoms with E-state index in [0.29, 0.717) is 6.54 Å². The number of hydrogen-bond donors (Lipinski definition) is 1. The number of carbonyl (C=O) groups is 2. The highest BCUT2D eigenvalue weighted by Gasteiger charge is 2.16. The average molecular weight is 304 g/mol. The molecular formula is C18H28N2O2. The van der Waals surface area contributed by atoms with Crippen LogP contribution in [0.4, 0.5) is 5.69 Å². The van der Waals surface area contributed by atoms with Crippen LogP contribution in [-0.4, -0.2) is 30.3 Å². The Balaban J connectivity index is 2.71. The van der Waals surface area contributed by atoms with Gasteiger partial charge in [0.1, 0.15) is 6.42 Å². The molecule has 4 heteroatoms. The Bertz CT molecular complexity index is 490. The van der Waals surface area contributed by atoms with Crippen molar-refractivity contribution in [1.29, 1.82) is 0 Å². The maximum Gasteiger partial charge on any atom is 0.233 e. The van der Waals surface area contributed by atoms with E-state index in [2.05, 4.69) is 26.1 Å². The highest BCUT2D eigenvalue weighted by molar-refractivity contribution is 6.04. The lowest BCUT2D eigenvalue weighted by Gasteiger charge is -2.18. The second-order valence-electron chi connectivity index (χ2n) is 5.55. The molecule has 1 rings (SSSR count). The number of para-hydroxylation sites is 1. The zero-order chi connectivity index (χ0) is 16.5. The molecule has 0 atom stereocenters. The molecule has 0 aliphatic rings. The average Bonchev–Trinajstić information content (AvgIpc) is 2.52. The van der Waals surface area contributed by atoms with Gasteiger partial charge in [0, 0.05) is 19.3 Å². The van der Waals surface area contributed by atoms with Crippen LogP contribution in [0.15, 0.2) is 18.2 Å². The van der Waals surface area contributed by atoms with Crippen LogP contribution >= 0.6 is 0 Å². The van der Waals surface area contributed by atoms with Gasteiger partial charge in [-0.05, 0) is 30.4 Å². The van der Waals surface area contributed by atoms with Crippen LogP contribution in [0.2, 0.25) is 0 Å². The van der Waals surface area contributed by atoms with Gasteiger partial charge in [0.05, 0.1) is 0 Å². The van der Waals surface area contributed by atoms with E-state index in [9.17, 15) is 9.59 Å². The van der Waals surface area contributed by atoms with Gasteiger partial charge in [0.2, 0.25) is 11.8 Å². The molecule has 0 radical (unpaired) electrons. The van der Waals surface area contributed by atoms with Crippen molar-refractivity contribution < 1.29 is 9.59 Å². The van der Waals surface area contributed by atoms with E-state index in [0.717, 1.165) is 42.5 Å². The fourth-order valence-electron chi connectivity index (χ4n) is 2.38. The minimum absolute atomic E-state index is 0.0958. The number of hydrogen-bond acceptors (Lipinski definition) is 2. The van der Waals surface area contributed by atoms with Crippen LogP contribution in [0.1, 0.15) is 51.2 Å². The van der Waals surface area contributed by atoms with Crippen LogP contribution in [0.5, 0.6) is 0 Å². The molecule has 0 aliphatic heterocycles. The van der Waals surface area contributed by atoms with Crippen molar-refractivity contribution in [2.75, 3.05) is 18.9 Å². The standard InChI is InChI=1S/C18H28N2O2/c1-5-8-12-20(4)17(22)13-16(21)19-18-14(6-2)10-9-11-15(18)7-3/h9-11H,5-8,12-13H2,1-4H3,(H,19,21). The first-order valence-electron chi connectivity index (χ1n) is 8.17. The molecular weight excluding hydrogens is 276 g/mol. The minimum Gasteiger partial charge on any atom is -0.345 e. The largest absolute Gasteiger partial charge is 0.345 e. The van der Waals surface area contributed by atoms with E-state index in [4.69, 9.17) is 0 Å². The predicted molar refractivity (Wildman–Crippen MR) is 91.0 cm³/mol. The number of unbranched alkanes of at least 4 members (excludes halogenated alkanes) is 1. The van der Waals surface area contributed by atoms with Gasteiger partial charge >= 0.3 is 0 Å². The van der Waals surface area contributed by atoms with Crippen molar-refractivity contribution >= 4 is 17.5 Å². The Hall–Kier alpha value is -1.84. The van der Waals surface area contributed by atoms with Crippen molar-refractivity contribution in [3.63, 3.8) is 0 Å².